The molecule has 1 aromatic rings. The molecule has 0 aromatic heterocycles. The minimum Gasteiger partial charge on any atom is -0.327 e. The van der Waals surface area contributed by atoms with Crippen molar-refractivity contribution in [3.63, 3.8) is 0 Å². The molecule has 1 heterocycles. The van der Waals surface area contributed by atoms with Crippen LogP contribution in [0.5, 0.6) is 0 Å². The Morgan fingerprint density at radius 3 is 2.56 bits per heavy atom. The Hall–Kier alpha value is -0.940. The van der Waals surface area contributed by atoms with E-state index in [-0.39, 0.29) is 23.5 Å². The first-order valence-corrected chi connectivity index (χ1v) is 7.97. The van der Waals surface area contributed by atoms with E-state index in [0.717, 1.165) is 18.4 Å². The third kappa shape index (κ3) is 3.78. The van der Waals surface area contributed by atoms with Crippen LogP contribution in [0.2, 0.25) is 0 Å². The number of hydrogen-bond donors (Lipinski definition) is 1. The standard InChI is InChI=1S/C13H18FNO2S/c14-12-3-1-10(2-4-12)7-13(15)8-11-5-6-18(16,17)9-11/h1-4,11,13H,5-9,15H2. The Kier molecular flexibility index (Phi) is 4.02. The molecular formula is C13H18FNO2S. The molecule has 0 aliphatic carbocycles. The Labute approximate surface area is 107 Å². The Morgan fingerprint density at radius 2 is 2.00 bits per heavy atom. The van der Waals surface area contributed by atoms with E-state index >= 15 is 0 Å². The van der Waals surface area contributed by atoms with Crippen molar-refractivity contribution in [1.82, 2.24) is 0 Å². The third-order valence-corrected chi connectivity index (χ3v) is 5.21. The molecule has 0 radical (unpaired) electrons. The van der Waals surface area contributed by atoms with Crippen LogP contribution in [0, 0.1) is 11.7 Å². The molecular weight excluding hydrogens is 253 g/mol. The molecule has 1 aliphatic rings. The van der Waals surface area contributed by atoms with Crippen molar-refractivity contribution in [3.05, 3.63) is 35.6 Å². The van der Waals surface area contributed by atoms with E-state index in [0.29, 0.717) is 12.2 Å². The lowest BCUT2D eigenvalue weighted by molar-refractivity contribution is 0.468. The number of rotatable bonds is 4. The fourth-order valence-electron chi connectivity index (χ4n) is 2.49. The molecule has 3 nitrogen and oxygen atoms in total. The zero-order valence-electron chi connectivity index (χ0n) is 10.2. The summed E-state index contributed by atoms with van der Waals surface area (Å²) in [6.45, 7) is 0. The highest BCUT2D eigenvalue weighted by atomic mass is 32.2. The Morgan fingerprint density at radius 1 is 1.33 bits per heavy atom. The van der Waals surface area contributed by atoms with Crippen LogP contribution in [-0.4, -0.2) is 26.0 Å². The van der Waals surface area contributed by atoms with Gasteiger partial charge in [0.1, 0.15) is 5.82 Å². The average molecular weight is 271 g/mol. The highest BCUT2D eigenvalue weighted by Gasteiger charge is 2.28. The molecule has 2 unspecified atom stereocenters. The summed E-state index contributed by atoms with van der Waals surface area (Å²) in [4.78, 5) is 0. The van der Waals surface area contributed by atoms with Gasteiger partial charge in [-0.05, 0) is 42.9 Å². The predicted molar refractivity (Wildman–Crippen MR) is 69.5 cm³/mol. The summed E-state index contributed by atoms with van der Waals surface area (Å²) in [6, 6.07) is 6.22. The van der Waals surface area contributed by atoms with Gasteiger partial charge >= 0.3 is 0 Å². The molecule has 0 saturated carbocycles. The van der Waals surface area contributed by atoms with Crippen LogP contribution < -0.4 is 5.73 Å². The largest absolute Gasteiger partial charge is 0.327 e. The summed E-state index contributed by atoms with van der Waals surface area (Å²) < 4.78 is 35.4. The molecule has 2 N–H and O–H groups in total. The van der Waals surface area contributed by atoms with Crippen molar-refractivity contribution in [2.75, 3.05) is 11.5 Å². The average Bonchev–Trinajstić information content (AvgIpc) is 2.61. The molecule has 2 atom stereocenters. The molecule has 18 heavy (non-hydrogen) atoms. The predicted octanol–water partition coefficient (Wildman–Crippen LogP) is 1.52. The maximum Gasteiger partial charge on any atom is 0.150 e. The van der Waals surface area contributed by atoms with E-state index in [4.69, 9.17) is 5.73 Å². The van der Waals surface area contributed by atoms with Gasteiger partial charge in [0.2, 0.25) is 0 Å². The highest BCUT2D eigenvalue weighted by molar-refractivity contribution is 7.91. The molecule has 1 aliphatic heterocycles. The molecule has 5 heteroatoms. The van der Waals surface area contributed by atoms with Crippen molar-refractivity contribution in [2.45, 2.75) is 25.3 Å². The first-order chi connectivity index (χ1) is 8.44. The van der Waals surface area contributed by atoms with Crippen molar-refractivity contribution in [1.29, 1.82) is 0 Å². The van der Waals surface area contributed by atoms with E-state index in [2.05, 4.69) is 0 Å². The lowest BCUT2D eigenvalue weighted by Crippen LogP contribution is -2.26. The van der Waals surface area contributed by atoms with Crippen molar-refractivity contribution < 1.29 is 12.8 Å². The van der Waals surface area contributed by atoms with Crippen LogP contribution in [0.3, 0.4) is 0 Å². The fourth-order valence-corrected chi connectivity index (χ4v) is 4.37. The molecule has 100 valence electrons. The van der Waals surface area contributed by atoms with Gasteiger partial charge in [-0.15, -0.1) is 0 Å². The molecule has 0 spiro atoms. The lowest BCUT2D eigenvalue weighted by Gasteiger charge is -2.15. The van der Waals surface area contributed by atoms with E-state index < -0.39 is 9.84 Å². The molecule has 1 fully saturated rings. The van der Waals surface area contributed by atoms with E-state index in [1.807, 2.05) is 0 Å². The second-order valence-electron chi connectivity index (χ2n) is 5.10. The van der Waals surface area contributed by atoms with E-state index in [9.17, 15) is 12.8 Å². The molecule has 2 rings (SSSR count). The molecule has 0 amide bonds. The van der Waals surface area contributed by atoms with E-state index in [1.165, 1.54) is 12.1 Å². The van der Waals surface area contributed by atoms with Crippen LogP contribution in [0.4, 0.5) is 4.39 Å². The maximum atomic E-state index is 12.7. The second-order valence-corrected chi connectivity index (χ2v) is 7.32. The zero-order chi connectivity index (χ0) is 13.2. The summed E-state index contributed by atoms with van der Waals surface area (Å²) in [5.41, 5.74) is 7.01. The minimum absolute atomic E-state index is 0.0613. The van der Waals surface area contributed by atoms with Gasteiger partial charge in [-0.1, -0.05) is 12.1 Å². The van der Waals surface area contributed by atoms with Gasteiger partial charge < -0.3 is 5.73 Å². The summed E-state index contributed by atoms with van der Waals surface area (Å²) in [5.74, 6) is 0.491. The molecule has 1 aromatic carbocycles. The summed E-state index contributed by atoms with van der Waals surface area (Å²) in [5, 5.41) is 0. The minimum atomic E-state index is -2.82. The van der Waals surface area contributed by atoms with Crippen LogP contribution >= 0.6 is 0 Å². The summed E-state index contributed by atoms with van der Waals surface area (Å²) >= 11 is 0. The SMILES string of the molecule is NC(Cc1ccc(F)cc1)CC1CCS(=O)(=O)C1. The fraction of sp³-hybridized carbons (Fsp3) is 0.538. The van der Waals surface area contributed by atoms with Crippen LogP contribution in [0.25, 0.3) is 0 Å². The van der Waals surface area contributed by atoms with Gasteiger partial charge in [0.05, 0.1) is 11.5 Å². The summed E-state index contributed by atoms with van der Waals surface area (Å²) in [7, 11) is -2.82. The monoisotopic (exact) mass is 271 g/mol. The van der Waals surface area contributed by atoms with Crippen molar-refractivity contribution >= 4 is 9.84 Å². The van der Waals surface area contributed by atoms with Gasteiger partial charge in [0.15, 0.2) is 9.84 Å². The zero-order valence-corrected chi connectivity index (χ0v) is 11.0. The Bertz CT molecular complexity index is 498. The topological polar surface area (TPSA) is 60.2 Å². The van der Waals surface area contributed by atoms with Crippen LogP contribution in [-0.2, 0) is 16.3 Å². The van der Waals surface area contributed by atoms with Crippen LogP contribution in [0.15, 0.2) is 24.3 Å². The first-order valence-electron chi connectivity index (χ1n) is 6.15. The second kappa shape index (κ2) is 5.36. The number of nitrogens with two attached hydrogens (primary N) is 1. The number of hydrogen-bond acceptors (Lipinski definition) is 3. The smallest absolute Gasteiger partial charge is 0.150 e. The third-order valence-electron chi connectivity index (χ3n) is 3.37. The molecule has 1 saturated heterocycles. The van der Waals surface area contributed by atoms with Gasteiger partial charge in [0.25, 0.3) is 0 Å². The van der Waals surface area contributed by atoms with Gasteiger partial charge in [-0.25, -0.2) is 12.8 Å². The quantitative estimate of drug-likeness (QED) is 0.903. The maximum absolute atomic E-state index is 12.7. The molecule has 0 bridgehead atoms. The Balaban J connectivity index is 1.86. The van der Waals surface area contributed by atoms with Gasteiger partial charge in [-0.2, -0.15) is 0 Å². The number of halogens is 1. The number of benzene rings is 1. The van der Waals surface area contributed by atoms with Crippen molar-refractivity contribution in [2.24, 2.45) is 11.7 Å². The summed E-state index contributed by atoms with van der Waals surface area (Å²) in [6.07, 6.45) is 2.10. The van der Waals surface area contributed by atoms with Crippen molar-refractivity contribution in [3.8, 4) is 0 Å². The van der Waals surface area contributed by atoms with Gasteiger partial charge in [-0.3, -0.25) is 0 Å². The first kappa shape index (κ1) is 13.5. The van der Waals surface area contributed by atoms with E-state index in [1.54, 1.807) is 12.1 Å². The normalized spacial score (nSPS) is 24.0. The lowest BCUT2D eigenvalue weighted by atomic mass is 9.95. The highest BCUT2D eigenvalue weighted by Crippen LogP contribution is 2.23. The number of sulfone groups is 1. The van der Waals surface area contributed by atoms with Crippen LogP contribution in [0.1, 0.15) is 18.4 Å². The van der Waals surface area contributed by atoms with Gasteiger partial charge in [0, 0.05) is 6.04 Å².